The van der Waals surface area contributed by atoms with Gasteiger partial charge >= 0.3 is 0 Å². The number of aryl methyl sites for hydroxylation is 1. The van der Waals surface area contributed by atoms with Crippen molar-refractivity contribution in [2.75, 3.05) is 20.2 Å². The zero-order valence-electron chi connectivity index (χ0n) is 15.8. The molecule has 3 aromatic rings. The van der Waals surface area contributed by atoms with Gasteiger partial charge in [-0.2, -0.15) is 4.31 Å². The predicted molar refractivity (Wildman–Crippen MR) is 107 cm³/mol. The van der Waals surface area contributed by atoms with Crippen LogP contribution in [-0.2, 0) is 10.0 Å². The minimum Gasteiger partial charge on any atom is -0.496 e. The molecule has 0 saturated carbocycles. The Balaban J connectivity index is 1.49. The predicted octanol–water partition coefficient (Wildman–Crippen LogP) is 3.39. The first kappa shape index (κ1) is 18.7. The number of fused-ring (bicyclic) bond motifs is 1. The van der Waals surface area contributed by atoms with Crippen LogP contribution in [0.3, 0.4) is 0 Å². The summed E-state index contributed by atoms with van der Waals surface area (Å²) in [5, 5.41) is 1.04. The highest BCUT2D eigenvalue weighted by molar-refractivity contribution is 7.89. The zero-order valence-corrected chi connectivity index (χ0v) is 16.6. The van der Waals surface area contributed by atoms with Gasteiger partial charge in [0.2, 0.25) is 15.9 Å². The van der Waals surface area contributed by atoms with Gasteiger partial charge in [0.25, 0.3) is 0 Å². The molecule has 1 saturated heterocycles. The fourth-order valence-corrected chi connectivity index (χ4v) is 5.03. The number of pyridine rings is 1. The van der Waals surface area contributed by atoms with Gasteiger partial charge in [-0.25, -0.2) is 13.4 Å². The first-order chi connectivity index (χ1) is 13.5. The maximum absolute atomic E-state index is 13.0. The van der Waals surface area contributed by atoms with Crippen LogP contribution in [0.5, 0.6) is 11.6 Å². The van der Waals surface area contributed by atoms with Gasteiger partial charge in [0.1, 0.15) is 11.9 Å². The van der Waals surface area contributed by atoms with Crippen LogP contribution in [0.2, 0.25) is 0 Å². The molecule has 0 N–H and O–H groups in total. The molecule has 1 aliphatic heterocycles. The summed E-state index contributed by atoms with van der Waals surface area (Å²) in [6.07, 6.45) is 0.408. The molecule has 146 valence electrons. The van der Waals surface area contributed by atoms with E-state index in [4.69, 9.17) is 9.47 Å². The molecular formula is C21H22N2O4S. The molecule has 6 nitrogen and oxygen atoms in total. The SMILES string of the molecule is COc1ccc(S(=O)(=O)N2CC[C@H](Oc3ccc4ccccc4n3)C2)cc1C. The second kappa shape index (κ2) is 7.41. The second-order valence-electron chi connectivity index (χ2n) is 6.87. The van der Waals surface area contributed by atoms with Gasteiger partial charge in [-0.3, -0.25) is 0 Å². The Morgan fingerprint density at radius 1 is 1.11 bits per heavy atom. The van der Waals surface area contributed by atoms with Crippen LogP contribution in [0.4, 0.5) is 0 Å². The van der Waals surface area contributed by atoms with Crippen molar-refractivity contribution in [3.8, 4) is 11.6 Å². The lowest BCUT2D eigenvalue weighted by Gasteiger charge is -2.18. The molecule has 0 radical (unpaired) electrons. The zero-order chi connectivity index (χ0) is 19.7. The first-order valence-corrected chi connectivity index (χ1v) is 10.6. The summed E-state index contributed by atoms with van der Waals surface area (Å²) < 4.78 is 38.6. The van der Waals surface area contributed by atoms with Crippen LogP contribution in [0.1, 0.15) is 12.0 Å². The maximum Gasteiger partial charge on any atom is 0.243 e. The molecule has 0 unspecified atom stereocenters. The lowest BCUT2D eigenvalue weighted by molar-refractivity contribution is 0.207. The van der Waals surface area contributed by atoms with Crippen LogP contribution in [0.25, 0.3) is 10.9 Å². The van der Waals surface area contributed by atoms with Crippen LogP contribution in [-0.4, -0.2) is 44.0 Å². The third kappa shape index (κ3) is 3.55. The van der Waals surface area contributed by atoms with Gasteiger partial charge in [0.05, 0.1) is 24.1 Å². The standard InChI is InChI=1S/C21H22N2O4S/c1-15-13-18(8-9-20(15)26-2)28(24,25)23-12-11-17(14-23)27-21-10-7-16-5-3-4-6-19(16)22-21/h3-10,13,17H,11-12,14H2,1-2H3/t17-/m0/s1. The van der Waals surface area contributed by atoms with E-state index in [2.05, 4.69) is 4.98 Å². The number of aromatic nitrogens is 1. The average Bonchev–Trinajstić information content (AvgIpc) is 3.17. The number of sulfonamides is 1. The Morgan fingerprint density at radius 2 is 1.93 bits per heavy atom. The lowest BCUT2D eigenvalue weighted by atomic mass is 10.2. The van der Waals surface area contributed by atoms with E-state index in [-0.39, 0.29) is 11.0 Å². The molecule has 0 bridgehead atoms. The topological polar surface area (TPSA) is 68.7 Å². The van der Waals surface area contributed by atoms with Gasteiger partial charge in [-0.1, -0.05) is 18.2 Å². The summed E-state index contributed by atoms with van der Waals surface area (Å²) in [4.78, 5) is 4.78. The smallest absolute Gasteiger partial charge is 0.243 e. The van der Waals surface area contributed by atoms with Gasteiger partial charge in [-0.15, -0.1) is 0 Å². The highest BCUT2D eigenvalue weighted by Gasteiger charge is 2.34. The average molecular weight is 398 g/mol. The summed E-state index contributed by atoms with van der Waals surface area (Å²) in [5.41, 5.74) is 1.65. The van der Waals surface area contributed by atoms with E-state index in [0.29, 0.717) is 31.1 Å². The van der Waals surface area contributed by atoms with Crippen molar-refractivity contribution < 1.29 is 17.9 Å². The molecule has 0 spiro atoms. The van der Waals surface area contributed by atoms with Crippen molar-refractivity contribution in [2.24, 2.45) is 0 Å². The summed E-state index contributed by atoms with van der Waals surface area (Å²) in [6.45, 7) is 2.56. The fraction of sp³-hybridized carbons (Fsp3) is 0.286. The third-order valence-corrected chi connectivity index (χ3v) is 6.83. The molecule has 0 amide bonds. The van der Waals surface area contributed by atoms with E-state index in [1.165, 1.54) is 4.31 Å². The quantitative estimate of drug-likeness (QED) is 0.659. The largest absolute Gasteiger partial charge is 0.496 e. The minimum absolute atomic E-state index is 0.220. The summed E-state index contributed by atoms with van der Waals surface area (Å²) >= 11 is 0. The van der Waals surface area contributed by atoms with Crippen molar-refractivity contribution in [3.63, 3.8) is 0 Å². The van der Waals surface area contributed by atoms with Crippen molar-refractivity contribution in [1.82, 2.24) is 9.29 Å². The Labute approximate surface area is 164 Å². The number of hydrogen-bond acceptors (Lipinski definition) is 5. The maximum atomic E-state index is 13.0. The van der Waals surface area contributed by atoms with Crippen molar-refractivity contribution in [1.29, 1.82) is 0 Å². The lowest BCUT2D eigenvalue weighted by Crippen LogP contribution is -2.31. The molecule has 1 aliphatic rings. The van der Waals surface area contributed by atoms with Crippen molar-refractivity contribution >= 4 is 20.9 Å². The van der Waals surface area contributed by atoms with Crippen molar-refractivity contribution in [3.05, 3.63) is 60.2 Å². The van der Waals surface area contributed by atoms with Crippen LogP contribution < -0.4 is 9.47 Å². The minimum atomic E-state index is -3.57. The summed E-state index contributed by atoms with van der Waals surface area (Å²) in [6, 6.07) is 16.5. The Bertz CT molecular complexity index is 1110. The molecule has 28 heavy (non-hydrogen) atoms. The van der Waals surface area contributed by atoms with Gasteiger partial charge in [0, 0.05) is 18.0 Å². The molecular weight excluding hydrogens is 376 g/mol. The summed E-state index contributed by atoms with van der Waals surface area (Å²) in [5.74, 6) is 1.19. The number of methoxy groups -OCH3 is 1. The van der Waals surface area contributed by atoms with Crippen LogP contribution in [0, 0.1) is 6.92 Å². The van der Waals surface area contributed by atoms with E-state index in [1.807, 2.05) is 43.3 Å². The number of nitrogens with zero attached hydrogens (tertiary/aromatic N) is 2. The summed E-state index contributed by atoms with van der Waals surface area (Å²) in [7, 11) is -2.00. The van der Waals surface area contributed by atoms with Gasteiger partial charge in [0.15, 0.2) is 0 Å². The number of ether oxygens (including phenoxy) is 2. The fourth-order valence-electron chi connectivity index (χ4n) is 3.46. The van der Waals surface area contributed by atoms with Gasteiger partial charge in [-0.05, 0) is 49.2 Å². The Kier molecular flexibility index (Phi) is 4.95. The number of benzene rings is 2. The highest BCUT2D eigenvalue weighted by atomic mass is 32.2. The Hall–Kier alpha value is -2.64. The Morgan fingerprint density at radius 3 is 2.71 bits per heavy atom. The molecule has 2 aromatic carbocycles. The van der Waals surface area contributed by atoms with Crippen LogP contribution in [0.15, 0.2) is 59.5 Å². The van der Waals surface area contributed by atoms with Crippen LogP contribution >= 0.6 is 0 Å². The number of hydrogen-bond donors (Lipinski definition) is 0. The second-order valence-corrected chi connectivity index (χ2v) is 8.80. The molecule has 4 rings (SSSR count). The third-order valence-electron chi connectivity index (χ3n) is 4.97. The van der Waals surface area contributed by atoms with Gasteiger partial charge < -0.3 is 9.47 Å². The van der Waals surface area contributed by atoms with E-state index in [0.717, 1.165) is 16.5 Å². The highest BCUT2D eigenvalue weighted by Crippen LogP contribution is 2.27. The molecule has 0 aliphatic carbocycles. The molecule has 2 heterocycles. The molecule has 1 fully saturated rings. The van der Waals surface area contributed by atoms with E-state index in [9.17, 15) is 8.42 Å². The number of rotatable bonds is 5. The monoisotopic (exact) mass is 398 g/mol. The van der Waals surface area contributed by atoms with Crippen molar-refractivity contribution in [2.45, 2.75) is 24.3 Å². The molecule has 1 aromatic heterocycles. The van der Waals surface area contributed by atoms with E-state index < -0.39 is 10.0 Å². The van der Waals surface area contributed by atoms with E-state index in [1.54, 1.807) is 25.3 Å². The molecule has 7 heteroatoms. The normalized spacial score (nSPS) is 17.7. The number of para-hydroxylation sites is 1. The molecule has 1 atom stereocenters. The first-order valence-electron chi connectivity index (χ1n) is 9.14. The van der Waals surface area contributed by atoms with E-state index >= 15 is 0 Å².